The normalized spacial score (nSPS) is 17.6. The molecule has 11 nitrogen and oxygen atoms in total. The zero-order chi connectivity index (χ0) is 33.9. The zero-order valence-electron chi connectivity index (χ0n) is 26.8. The van der Waals surface area contributed by atoms with E-state index in [1.807, 2.05) is 66.1 Å². The summed E-state index contributed by atoms with van der Waals surface area (Å²) in [6, 6.07) is 17.6. The van der Waals surface area contributed by atoms with E-state index in [0.29, 0.717) is 37.3 Å². The first-order valence-corrected chi connectivity index (χ1v) is 16.0. The van der Waals surface area contributed by atoms with E-state index in [4.69, 9.17) is 0 Å². The molecule has 2 aromatic heterocycles. The lowest BCUT2D eigenvalue weighted by Gasteiger charge is -2.37. The summed E-state index contributed by atoms with van der Waals surface area (Å²) in [7, 11) is 0. The molecule has 4 aromatic rings. The smallest absolute Gasteiger partial charge is 0.320 e. The molecular weight excluding hydrogens is 610 g/mol. The van der Waals surface area contributed by atoms with Crippen LogP contribution in [0.1, 0.15) is 61.6 Å². The number of aliphatic carboxylic acids is 2. The van der Waals surface area contributed by atoms with Gasteiger partial charge in [-0.3, -0.25) is 38.9 Å². The van der Waals surface area contributed by atoms with E-state index >= 15 is 0 Å². The van der Waals surface area contributed by atoms with Gasteiger partial charge in [-0.1, -0.05) is 42.5 Å². The Balaban J connectivity index is 1.11. The molecule has 246 valence electrons. The summed E-state index contributed by atoms with van der Waals surface area (Å²) < 4.78 is 0. The Labute approximate surface area is 278 Å². The van der Waals surface area contributed by atoms with Gasteiger partial charge in [-0.05, 0) is 83.8 Å². The molecule has 0 saturated carbocycles. The molecule has 1 amide bonds. The van der Waals surface area contributed by atoms with Crippen molar-refractivity contribution in [1.29, 1.82) is 0 Å². The Bertz CT molecular complexity index is 1740. The maximum Gasteiger partial charge on any atom is 0.320 e. The Morgan fingerprint density at radius 3 is 1.77 bits per heavy atom. The molecule has 6 rings (SSSR count). The van der Waals surface area contributed by atoms with Gasteiger partial charge < -0.3 is 15.5 Å². The van der Waals surface area contributed by atoms with Gasteiger partial charge in [0.05, 0.1) is 0 Å². The average molecular weight is 648 g/mol. The highest BCUT2D eigenvalue weighted by Crippen LogP contribution is 2.33. The predicted molar refractivity (Wildman–Crippen MR) is 179 cm³/mol. The van der Waals surface area contributed by atoms with Crippen molar-refractivity contribution in [2.24, 2.45) is 0 Å². The van der Waals surface area contributed by atoms with Gasteiger partial charge in [-0.25, -0.2) is 0 Å². The number of aromatic nitrogens is 2. The van der Waals surface area contributed by atoms with Gasteiger partial charge in [0, 0.05) is 50.7 Å². The van der Waals surface area contributed by atoms with E-state index in [-0.39, 0.29) is 23.8 Å². The standard InChI is InChI=1S/C37H37N5O6/c1-22-26(17-34(43)30-11-9-24(18-38-30)20-41-15-13-32(41)36(45)46)5-3-6-27(22)28-7-4-8-29(23(28)2)40-35(44)31-12-10-25(19-39-31)21-42-16-14-33(42)37(47)48/h3-12,18-19,32-33H,13-17,20-21H2,1-2H3,(H,40,44)(H,45,46)(H,47,48)/t32?,33-/m0/s1. The number of nitrogens with one attached hydrogen (secondary N) is 1. The molecule has 11 heteroatoms. The van der Waals surface area contributed by atoms with Gasteiger partial charge in [0.2, 0.25) is 0 Å². The van der Waals surface area contributed by atoms with Gasteiger partial charge >= 0.3 is 11.9 Å². The van der Waals surface area contributed by atoms with E-state index < -0.39 is 24.0 Å². The Kier molecular flexibility index (Phi) is 9.42. The summed E-state index contributed by atoms with van der Waals surface area (Å²) in [6.45, 7) is 6.32. The fourth-order valence-electron chi connectivity index (χ4n) is 6.30. The van der Waals surface area contributed by atoms with E-state index in [1.165, 1.54) is 0 Å². The van der Waals surface area contributed by atoms with Crippen molar-refractivity contribution < 1.29 is 29.4 Å². The number of rotatable bonds is 12. The van der Waals surface area contributed by atoms with Crippen LogP contribution in [-0.2, 0) is 29.1 Å². The van der Waals surface area contributed by atoms with E-state index in [1.54, 1.807) is 30.6 Å². The topological polar surface area (TPSA) is 153 Å². The number of hydrogen-bond donors (Lipinski definition) is 3. The van der Waals surface area contributed by atoms with Gasteiger partial charge in [0.25, 0.3) is 5.91 Å². The molecule has 0 spiro atoms. The fraction of sp³-hybridized carbons (Fsp3) is 0.297. The van der Waals surface area contributed by atoms with Crippen LogP contribution in [0.3, 0.4) is 0 Å². The van der Waals surface area contributed by atoms with Crippen LogP contribution in [0.15, 0.2) is 73.1 Å². The minimum Gasteiger partial charge on any atom is -0.480 e. The molecule has 0 bridgehead atoms. The molecule has 48 heavy (non-hydrogen) atoms. The first kappa shape index (κ1) is 32.7. The second-order valence-corrected chi connectivity index (χ2v) is 12.5. The lowest BCUT2D eigenvalue weighted by Crippen LogP contribution is -2.51. The third-order valence-corrected chi connectivity index (χ3v) is 9.44. The minimum absolute atomic E-state index is 0.114. The molecule has 1 unspecified atom stereocenters. The second-order valence-electron chi connectivity index (χ2n) is 12.5. The summed E-state index contributed by atoms with van der Waals surface area (Å²) in [5, 5.41) is 21.5. The quantitative estimate of drug-likeness (QED) is 0.184. The number of hydrogen-bond acceptors (Lipinski definition) is 8. The minimum atomic E-state index is -0.824. The number of likely N-dealkylation sites (tertiary alicyclic amines) is 2. The molecule has 3 N–H and O–H groups in total. The lowest BCUT2D eigenvalue weighted by atomic mass is 9.91. The molecular formula is C37H37N5O6. The number of carbonyl (C=O) groups is 4. The van der Waals surface area contributed by atoms with Crippen LogP contribution >= 0.6 is 0 Å². The number of anilines is 1. The number of carboxylic acids is 2. The molecule has 2 atom stereocenters. The van der Waals surface area contributed by atoms with Crippen LogP contribution in [0, 0.1) is 13.8 Å². The fourth-order valence-corrected chi connectivity index (χ4v) is 6.30. The maximum absolute atomic E-state index is 13.2. The van der Waals surface area contributed by atoms with E-state index in [0.717, 1.165) is 52.0 Å². The van der Waals surface area contributed by atoms with Gasteiger partial charge in [-0.2, -0.15) is 0 Å². The number of carbonyl (C=O) groups excluding carboxylic acids is 2. The molecule has 2 saturated heterocycles. The third kappa shape index (κ3) is 6.87. The first-order chi connectivity index (χ1) is 23.1. The number of nitrogens with zero attached hydrogens (tertiary/aromatic N) is 4. The summed E-state index contributed by atoms with van der Waals surface area (Å²) in [4.78, 5) is 61.4. The van der Waals surface area contributed by atoms with E-state index in [9.17, 15) is 29.4 Å². The summed E-state index contributed by atoms with van der Waals surface area (Å²) in [6.07, 6.45) is 4.70. The van der Waals surface area contributed by atoms with Gasteiger partial charge in [0.15, 0.2) is 5.78 Å². The van der Waals surface area contributed by atoms with Gasteiger partial charge in [0.1, 0.15) is 23.5 Å². The summed E-state index contributed by atoms with van der Waals surface area (Å²) in [5.41, 5.74) is 7.54. The molecule has 2 aliphatic rings. The number of carboxylic acid groups (broad SMARTS) is 2. The van der Waals surface area contributed by atoms with Crippen molar-refractivity contribution in [3.63, 3.8) is 0 Å². The van der Waals surface area contributed by atoms with Crippen LogP contribution in [-0.4, -0.2) is 78.8 Å². The molecule has 0 aliphatic carbocycles. The second kappa shape index (κ2) is 13.8. The number of ketones is 1. The van der Waals surface area contributed by atoms with Crippen molar-refractivity contribution in [1.82, 2.24) is 19.8 Å². The van der Waals surface area contributed by atoms with Crippen molar-refractivity contribution >= 4 is 29.3 Å². The molecule has 4 heterocycles. The van der Waals surface area contributed by atoms with Crippen LogP contribution in [0.2, 0.25) is 0 Å². The van der Waals surface area contributed by atoms with Crippen molar-refractivity contribution in [2.75, 3.05) is 18.4 Å². The van der Waals surface area contributed by atoms with Crippen LogP contribution in [0.4, 0.5) is 5.69 Å². The molecule has 0 radical (unpaired) electrons. The van der Waals surface area contributed by atoms with E-state index in [2.05, 4.69) is 15.3 Å². The molecule has 2 aromatic carbocycles. The molecule has 2 fully saturated rings. The average Bonchev–Trinajstić information content (AvgIpc) is 3.03. The Hall–Kier alpha value is -5.26. The van der Waals surface area contributed by atoms with Gasteiger partial charge in [-0.15, -0.1) is 0 Å². The van der Waals surface area contributed by atoms with Crippen molar-refractivity contribution in [3.8, 4) is 11.1 Å². The van der Waals surface area contributed by atoms with Crippen LogP contribution in [0.25, 0.3) is 11.1 Å². The maximum atomic E-state index is 13.2. The summed E-state index contributed by atoms with van der Waals surface area (Å²) in [5.74, 6) is -2.11. The lowest BCUT2D eigenvalue weighted by molar-refractivity contribution is -0.149. The molecule has 2 aliphatic heterocycles. The van der Waals surface area contributed by atoms with Crippen LogP contribution in [0.5, 0.6) is 0 Å². The Morgan fingerprint density at radius 2 is 1.27 bits per heavy atom. The Morgan fingerprint density at radius 1 is 0.729 bits per heavy atom. The number of amides is 1. The zero-order valence-corrected chi connectivity index (χ0v) is 26.8. The third-order valence-electron chi connectivity index (χ3n) is 9.44. The summed E-state index contributed by atoms with van der Waals surface area (Å²) >= 11 is 0. The van der Waals surface area contributed by atoms with Crippen molar-refractivity contribution in [2.45, 2.75) is 58.3 Å². The SMILES string of the molecule is Cc1c(CC(=O)c2ccc(CN3CCC3C(=O)O)cn2)cccc1-c1cccc(NC(=O)c2ccc(CN3CC[C@H]3C(=O)O)cn2)c1C. The predicted octanol–water partition coefficient (Wildman–Crippen LogP) is 4.76. The number of pyridine rings is 2. The van der Waals surface area contributed by atoms with Crippen LogP contribution < -0.4 is 5.32 Å². The highest BCUT2D eigenvalue weighted by Gasteiger charge is 2.34. The number of benzene rings is 2. The largest absolute Gasteiger partial charge is 0.480 e. The highest BCUT2D eigenvalue weighted by atomic mass is 16.4. The first-order valence-electron chi connectivity index (χ1n) is 16.0. The van der Waals surface area contributed by atoms with Crippen molar-refractivity contribution in [3.05, 3.63) is 112 Å². The highest BCUT2D eigenvalue weighted by molar-refractivity contribution is 6.04. The monoisotopic (exact) mass is 647 g/mol. The number of Topliss-reactive ketones (excluding diaryl/α,β-unsaturated/α-hetero) is 1.